The molecule has 0 spiro atoms. The number of benzene rings is 2. The molecule has 0 saturated carbocycles. The fraction of sp³-hybridized carbons (Fsp3) is 0.190. The van der Waals surface area contributed by atoms with Gasteiger partial charge in [-0.1, -0.05) is 22.4 Å². The monoisotopic (exact) mass is 413 g/mol. The number of nitrogens with one attached hydrogen (secondary N) is 1. The molecule has 0 amide bonds. The van der Waals surface area contributed by atoms with E-state index >= 15 is 0 Å². The summed E-state index contributed by atoms with van der Waals surface area (Å²) in [6.45, 7) is 2.00. The molecule has 0 bridgehead atoms. The van der Waals surface area contributed by atoms with Gasteiger partial charge in [-0.2, -0.15) is 0 Å². The van der Waals surface area contributed by atoms with E-state index in [4.69, 9.17) is 4.74 Å². The molecule has 1 aliphatic rings. The van der Waals surface area contributed by atoms with Crippen LogP contribution in [0.3, 0.4) is 0 Å². The van der Waals surface area contributed by atoms with Gasteiger partial charge in [0, 0.05) is 43.0 Å². The van der Waals surface area contributed by atoms with Crippen molar-refractivity contribution in [3.63, 3.8) is 0 Å². The van der Waals surface area contributed by atoms with Crippen LogP contribution < -0.4 is 9.46 Å². The highest BCUT2D eigenvalue weighted by atomic mass is 32.3. The molecule has 2 aromatic carbocycles. The third-order valence-corrected chi connectivity index (χ3v) is 6.05. The summed E-state index contributed by atoms with van der Waals surface area (Å²) in [6.07, 6.45) is 3.01. The van der Waals surface area contributed by atoms with Crippen LogP contribution in [0.4, 0.5) is 10.1 Å². The van der Waals surface area contributed by atoms with E-state index in [0.29, 0.717) is 43.2 Å². The van der Waals surface area contributed by atoms with Crippen molar-refractivity contribution in [3.8, 4) is 5.75 Å². The Hall–Kier alpha value is -2.81. The molecule has 150 valence electrons. The van der Waals surface area contributed by atoms with Crippen molar-refractivity contribution in [1.29, 1.82) is 0 Å². The van der Waals surface area contributed by atoms with Gasteiger partial charge >= 0.3 is 0 Å². The Morgan fingerprint density at radius 1 is 1.21 bits per heavy atom. The molecular weight excluding hydrogens is 393 g/mol. The topological polar surface area (TPSA) is 77.5 Å². The molecule has 1 aromatic heterocycles. The van der Waals surface area contributed by atoms with Crippen molar-refractivity contribution in [3.05, 3.63) is 83.9 Å². The highest BCUT2D eigenvalue weighted by Gasteiger charge is 2.24. The second-order valence-electron chi connectivity index (χ2n) is 6.77. The summed E-state index contributed by atoms with van der Waals surface area (Å²) >= 11 is 0. The summed E-state index contributed by atoms with van der Waals surface area (Å²) in [5, 5.41) is 0. The Kier molecular flexibility index (Phi) is 5.57. The van der Waals surface area contributed by atoms with Crippen molar-refractivity contribution in [2.45, 2.75) is 18.0 Å². The molecule has 0 radical (unpaired) electrons. The molecule has 3 aromatic rings. The minimum atomic E-state index is -3.76. The molecule has 1 aliphatic heterocycles. The van der Waals surface area contributed by atoms with Crippen molar-refractivity contribution < 1.29 is 17.9 Å². The van der Waals surface area contributed by atoms with Crippen LogP contribution >= 0.6 is 0 Å². The number of hydrogen-bond acceptors (Lipinski definition) is 5. The molecule has 0 saturated heterocycles. The Morgan fingerprint density at radius 3 is 2.86 bits per heavy atom. The van der Waals surface area contributed by atoms with Gasteiger partial charge in [0.2, 0.25) is 0 Å². The summed E-state index contributed by atoms with van der Waals surface area (Å²) in [7, 11) is -3.76. The molecule has 4 rings (SSSR count). The Bertz CT molecular complexity index is 1050. The zero-order valence-corrected chi connectivity index (χ0v) is 16.4. The lowest BCUT2D eigenvalue weighted by atomic mass is 10.1. The fourth-order valence-electron chi connectivity index (χ4n) is 3.21. The number of sulfonamides is 1. The van der Waals surface area contributed by atoms with E-state index in [9.17, 15) is 13.2 Å². The van der Waals surface area contributed by atoms with Crippen LogP contribution in [0.25, 0.3) is 0 Å². The number of aromatic nitrogens is 1. The molecule has 2 heterocycles. The first-order valence-electron chi connectivity index (χ1n) is 9.15. The van der Waals surface area contributed by atoms with Crippen molar-refractivity contribution in [1.82, 2.24) is 9.88 Å². The van der Waals surface area contributed by atoms with E-state index in [2.05, 4.69) is 14.6 Å². The van der Waals surface area contributed by atoms with Gasteiger partial charge in [-0.25, -0.2) is 9.11 Å². The maximum Gasteiger partial charge on any atom is 0.184 e. The molecule has 1 N–H and O–H groups in total. The first kappa shape index (κ1) is 19.5. The van der Waals surface area contributed by atoms with Gasteiger partial charge in [0.1, 0.15) is 18.2 Å². The van der Waals surface area contributed by atoms with Crippen LogP contribution in [0.5, 0.6) is 5.75 Å². The van der Waals surface area contributed by atoms with Gasteiger partial charge in [-0.05, 0) is 30.3 Å². The van der Waals surface area contributed by atoms with Crippen LogP contribution in [-0.4, -0.2) is 27.6 Å². The lowest BCUT2D eigenvalue weighted by Gasteiger charge is -2.20. The molecular formula is C21H20FN3O3S. The minimum Gasteiger partial charge on any atom is -0.588 e. The largest absolute Gasteiger partial charge is 0.588 e. The number of halogens is 1. The minimum absolute atomic E-state index is 0.114. The molecule has 6 nitrogen and oxygen atoms in total. The summed E-state index contributed by atoms with van der Waals surface area (Å²) < 4.78 is 47.6. The number of ether oxygens (including phenoxy) is 1. The van der Waals surface area contributed by atoms with E-state index in [-0.39, 0.29) is 10.7 Å². The van der Waals surface area contributed by atoms with Crippen molar-refractivity contribution in [2.24, 2.45) is 0 Å². The standard InChI is InChI=1S/C21H20FN3O3S/c22-20-6-2-1-4-16(20)14-25-10-11-28-21-12-19(8-7-17(21)15-25)29(26,27)24-18-5-3-9-23-13-18/h1-9,12-13H,10-11,14-15H2,(H-,24,26,27). The van der Waals surface area contributed by atoms with E-state index in [1.807, 2.05) is 6.07 Å². The van der Waals surface area contributed by atoms with Gasteiger partial charge < -0.3 is 9.29 Å². The van der Waals surface area contributed by atoms with E-state index in [1.165, 1.54) is 18.3 Å². The maximum absolute atomic E-state index is 14.0. The maximum atomic E-state index is 14.0. The van der Waals surface area contributed by atoms with Crippen LogP contribution in [0.2, 0.25) is 0 Å². The first-order valence-corrected chi connectivity index (χ1v) is 10.6. The first-order chi connectivity index (χ1) is 14.0. The zero-order valence-electron chi connectivity index (χ0n) is 15.6. The Labute approximate surface area is 169 Å². The summed E-state index contributed by atoms with van der Waals surface area (Å²) in [5.74, 6) is 0.288. The van der Waals surface area contributed by atoms with Crippen LogP contribution in [0.1, 0.15) is 11.1 Å². The highest BCUT2D eigenvalue weighted by Crippen LogP contribution is 2.30. The number of rotatable bonds is 5. The smallest absolute Gasteiger partial charge is 0.184 e. The average molecular weight is 413 g/mol. The lowest BCUT2D eigenvalue weighted by Crippen LogP contribution is -2.25. The van der Waals surface area contributed by atoms with E-state index in [1.54, 1.807) is 42.6 Å². The number of fused-ring (bicyclic) bond motifs is 1. The molecule has 8 heteroatoms. The third-order valence-electron chi connectivity index (χ3n) is 4.67. The van der Waals surface area contributed by atoms with Gasteiger partial charge in [-0.3, -0.25) is 9.88 Å². The van der Waals surface area contributed by atoms with Gasteiger partial charge in [0.05, 0.1) is 11.9 Å². The highest BCUT2D eigenvalue weighted by molar-refractivity contribution is 7.98. The lowest BCUT2D eigenvalue weighted by molar-refractivity contribution is 0.217. The van der Waals surface area contributed by atoms with Crippen molar-refractivity contribution >= 4 is 16.1 Å². The number of anilines is 1. The summed E-state index contributed by atoms with van der Waals surface area (Å²) in [6, 6.07) is 14.8. The van der Waals surface area contributed by atoms with Gasteiger partial charge in [0.15, 0.2) is 15.3 Å². The van der Waals surface area contributed by atoms with Crippen LogP contribution in [0.15, 0.2) is 71.9 Å². The van der Waals surface area contributed by atoms with Gasteiger partial charge in [-0.15, -0.1) is 0 Å². The normalized spacial score (nSPS) is 16.2. The second kappa shape index (κ2) is 8.28. The quantitative estimate of drug-likeness (QED) is 0.647. The molecule has 1 unspecified atom stereocenters. The average Bonchev–Trinajstić information content (AvgIpc) is 2.91. The predicted molar refractivity (Wildman–Crippen MR) is 107 cm³/mol. The molecule has 0 fully saturated rings. The third kappa shape index (κ3) is 4.61. The molecule has 29 heavy (non-hydrogen) atoms. The predicted octanol–water partition coefficient (Wildman–Crippen LogP) is 3.63. The fourth-order valence-corrected chi connectivity index (χ4v) is 4.27. The van der Waals surface area contributed by atoms with Crippen LogP contribution in [-0.2, 0) is 27.7 Å². The number of hydrogen-bond donors (Lipinski definition) is 1. The number of pyridine rings is 1. The zero-order chi connectivity index (χ0) is 20.3. The van der Waals surface area contributed by atoms with E-state index < -0.39 is 10.4 Å². The number of nitrogens with zero attached hydrogens (tertiary/aromatic N) is 2. The summed E-state index contributed by atoms with van der Waals surface area (Å²) in [5.41, 5.74) is 1.87. The summed E-state index contributed by atoms with van der Waals surface area (Å²) in [4.78, 5) is 6.10. The Morgan fingerprint density at radius 2 is 2.07 bits per heavy atom. The molecule has 0 aliphatic carbocycles. The van der Waals surface area contributed by atoms with Crippen LogP contribution in [0, 0.1) is 5.82 Å². The SMILES string of the molecule is O=[S+]([O-])(Nc1cccnc1)c1ccc2c(c1)OCCN(Cc1ccccc1F)C2. The molecule has 1 atom stereocenters. The van der Waals surface area contributed by atoms with Crippen molar-refractivity contribution in [2.75, 3.05) is 17.9 Å². The second-order valence-corrected chi connectivity index (χ2v) is 8.45. The Balaban J connectivity index is 1.53. The van der Waals surface area contributed by atoms with Gasteiger partial charge in [0.25, 0.3) is 0 Å². The van der Waals surface area contributed by atoms with E-state index in [0.717, 1.165) is 5.56 Å².